The van der Waals surface area contributed by atoms with Gasteiger partial charge in [-0.3, -0.25) is 0 Å². The summed E-state index contributed by atoms with van der Waals surface area (Å²) < 4.78 is 0. The number of nitrogens with one attached hydrogen (secondary N) is 2. The maximum Gasteiger partial charge on any atom is 0.148 e. The highest BCUT2D eigenvalue weighted by Crippen LogP contribution is 2.42. The van der Waals surface area contributed by atoms with Crippen molar-refractivity contribution in [3.63, 3.8) is 0 Å². The molecule has 0 radical (unpaired) electrons. The molecule has 4 heteroatoms. The van der Waals surface area contributed by atoms with Gasteiger partial charge >= 0.3 is 0 Å². The zero-order chi connectivity index (χ0) is 24.2. The maximum atomic E-state index is 4.23. The molecule has 3 aliphatic rings. The third kappa shape index (κ3) is 4.62. The van der Waals surface area contributed by atoms with Gasteiger partial charge in [0.05, 0.1) is 0 Å². The molecule has 0 spiro atoms. The molecule has 2 unspecified atom stereocenters. The lowest BCUT2D eigenvalue weighted by Crippen LogP contribution is -2.57. The smallest absolute Gasteiger partial charge is 0.148 e. The van der Waals surface area contributed by atoms with Crippen LogP contribution in [-0.4, -0.2) is 28.6 Å². The maximum absolute atomic E-state index is 4.23. The molecule has 0 amide bonds. The van der Waals surface area contributed by atoms with Crippen LogP contribution in [0.3, 0.4) is 0 Å². The number of hydrogen-bond donors (Lipinski definition) is 2. The van der Waals surface area contributed by atoms with Crippen LogP contribution in [0.15, 0.2) is 43.8 Å². The first-order valence-electron chi connectivity index (χ1n) is 13.0. The molecule has 2 N–H and O–H groups in total. The highest BCUT2D eigenvalue weighted by molar-refractivity contribution is 6.83. The summed E-state index contributed by atoms with van der Waals surface area (Å²) >= 11 is 0. The monoisotopic (exact) mass is 470 g/mol. The van der Waals surface area contributed by atoms with Gasteiger partial charge in [-0.25, -0.2) is 0 Å². The normalized spacial score (nSPS) is 30.4. The number of rotatable bonds is 6. The zero-order valence-corrected chi connectivity index (χ0v) is 25.1. The largest absolute Gasteiger partial charge is 0.331 e. The van der Waals surface area contributed by atoms with Gasteiger partial charge in [0, 0.05) is 12.1 Å². The Morgan fingerprint density at radius 1 is 0.531 bits per heavy atom. The fraction of sp³-hybridized carbons (Fsp3) is 0.714. The highest BCUT2D eigenvalue weighted by atomic mass is 28.3. The second kappa shape index (κ2) is 9.16. The van der Waals surface area contributed by atoms with Crippen LogP contribution in [-0.2, 0) is 0 Å². The Morgan fingerprint density at radius 2 is 0.812 bits per heavy atom. The number of allylic oxidation sites excluding steroid dienone is 8. The van der Waals surface area contributed by atoms with Crippen LogP contribution in [0.4, 0.5) is 0 Å². The Bertz CT molecular complexity index is 818. The van der Waals surface area contributed by atoms with Crippen molar-refractivity contribution >= 4 is 16.5 Å². The van der Waals surface area contributed by atoms with E-state index in [0.29, 0.717) is 23.9 Å². The molecule has 3 rings (SSSR count). The standard InChI is InChI=1S/C28H50N2Si2/c1-17-18(2)22(6)27(21(17)5)31(9,10)29-25-13-15-26(16-14-25)30-32(11,12)28-23(7)19(3)20(4)24(28)8/h21,23,25-26,29-30H,13-16H2,1-12H3/t21?,23?,25-,26-. The average Bonchev–Trinajstić information content (AvgIpc) is 3.02. The van der Waals surface area contributed by atoms with Crippen LogP contribution in [0.1, 0.15) is 81.1 Å². The van der Waals surface area contributed by atoms with Crippen LogP contribution in [0, 0.1) is 11.8 Å². The minimum atomic E-state index is -1.63. The third-order valence-corrected chi connectivity index (χ3v) is 16.1. The van der Waals surface area contributed by atoms with E-state index in [1.54, 1.807) is 43.8 Å². The molecule has 2 atom stereocenters. The zero-order valence-electron chi connectivity index (χ0n) is 23.1. The predicted molar refractivity (Wildman–Crippen MR) is 148 cm³/mol. The van der Waals surface area contributed by atoms with Gasteiger partial charge in [0.25, 0.3) is 0 Å². The summed E-state index contributed by atoms with van der Waals surface area (Å²) in [5.41, 5.74) is 9.42. The van der Waals surface area contributed by atoms with E-state index in [4.69, 9.17) is 0 Å². The van der Waals surface area contributed by atoms with Crippen LogP contribution in [0.5, 0.6) is 0 Å². The van der Waals surface area contributed by atoms with Crippen molar-refractivity contribution in [2.24, 2.45) is 11.8 Å². The lowest BCUT2D eigenvalue weighted by Gasteiger charge is -2.40. The van der Waals surface area contributed by atoms with Crippen molar-refractivity contribution in [3.05, 3.63) is 43.8 Å². The first-order chi connectivity index (χ1) is 14.7. The fourth-order valence-corrected chi connectivity index (χ4v) is 15.1. The summed E-state index contributed by atoms with van der Waals surface area (Å²) in [7, 11) is -3.26. The van der Waals surface area contributed by atoms with Crippen molar-refractivity contribution in [2.75, 3.05) is 0 Å². The fourth-order valence-electron chi connectivity index (χ4n) is 7.31. The van der Waals surface area contributed by atoms with Gasteiger partial charge in [0.1, 0.15) is 16.5 Å². The van der Waals surface area contributed by atoms with Gasteiger partial charge < -0.3 is 9.96 Å². The molecular formula is C28H50N2Si2. The number of hydrogen-bond acceptors (Lipinski definition) is 2. The molecular weight excluding hydrogens is 420 g/mol. The molecule has 1 fully saturated rings. The summed E-state index contributed by atoms with van der Waals surface area (Å²) in [6, 6.07) is 1.37. The highest BCUT2D eigenvalue weighted by Gasteiger charge is 2.40. The molecule has 0 bridgehead atoms. The van der Waals surface area contributed by atoms with Crippen LogP contribution >= 0.6 is 0 Å². The second-order valence-electron chi connectivity index (χ2n) is 12.2. The molecule has 3 aliphatic carbocycles. The van der Waals surface area contributed by atoms with Gasteiger partial charge in [-0.15, -0.1) is 0 Å². The minimum Gasteiger partial charge on any atom is -0.331 e. The topological polar surface area (TPSA) is 24.1 Å². The van der Waals surface area contributed by atoms with E-state index >= 15 is 0 Å². The van der Waals surface area contributed by atoms with Gasteiger partial charge in [0.15, 0.2) is 0 Å². The third-order valence-electron chi connectivity index (χ3n) is 9.48. The Balaban J connectivity index is 1.60. The average molecular weight is 471 g/mol. The minimum absolute atomic E-state index is 0.624. The molecule has 1 saturated carbocycles. The van der Waals surface area contributed by atoms with E-state index in [-0.39, 0.29) is 0 Å². The van der Waals surface area contributed by atoms with E-state index in [9.17, 15) is 0 Å². The molecule has 180 valence electrons. The van der Waals surface area contributed by atoms with E-state index in [1.165, 1.54) is 25.7 Å². The van der Waals surface area contributed by atoms with E-state index in [0.717, 1.165) is 0 Å². The van der Waals surface area contributed by atoms with Crippen molar-refractivity contribution in [1.29, 1.82) is 0 Å². The predicted octanol–water partition coefficient (Wildman–Crippen LogP) is 7.57. The Labute approximate surface area is 201 Å². The molecule has 32 heavy (non-hydrogen) atoms. The summed E-state index contributed by atoms with van der Waals surface area (Å²) in [6.45, 7) is 29.1. The molecule has 0 aromatic rings. The Kier molecular flexibility index (Phi) is 7.43. The van der Waals surface area contributed by atoms with Gasteiger partial charge in [-0.2, -0.15) is 0 Å². The van der Waals surface area contributed by atoms with Gasteiger partial charge in [0.2, 0.25) is 0 Å². The summed E-state index contributed by atoms with van der Waals surface area (Å²) in [5.74, 6) is 1.25. The second-order valence-corrected chi connectivity index (χ2v) is 20.4. The molecule has 0 aliphatic heterocycles. The van der Waals surface area contributed by atoms with E-state index in [2.05, 4.69) is 91.5 Å². The molecule has 0 saturated heterocycles. The first kappa shape index (κ1) is 25.9. The van der Waals surface area contributed by atoms with E-state index in [1.807, 2.05) is 0 Å². The van der Waals surface area contributed by atoms with Crippen LogP contribution < -0.4 is 9.96 Å². The Hall–Kier alpha value is -0.686. The molecule has 0 aromatic carbocycles. The lowest BCUT2D eigenvalue weighted by molar-refractivity contribution is 0.356. The first-order valence-corrected chi connectivity index (χ1v) is 19.0. The van der Waals surface area contributed by atoms with Gasteiger partial charge in [-0.05, 0) is 90.2 Å². The van der Waals surface area contributed by atoms with Crippen molar-refractivity contribution in [2.45, 2.75) is 119 Å². The summed E-state index contributed by atoms with van der Waals surface area (Å²) in [4.78, 5) is 8.45. The van der Waals surface area contributed by atoms with Crippen molar-refractivity contribution in [3.8, 4) is 0 Å². The molecule has 0 heterocycles. The van der Waals surface area contributed by atoms with Crippen LogP contribution in [0.25, 0.3) is 0 Å². The molecule has 0 aromatic heterocycles. The van der Waals surface area contributed by atoms with Gasteiger partial charge in [-0.1, -0.05) is 72.7 Å². The van der Waals surface area contributed by atoms with E-state index < -0.39 is 16.5 Å². The quantitative estimate of drug-likeness (QED) is 0.391. The van der Waals surface area contributed by atoms with Crippen molar-refractivity contribution in [1.82, 2.24) is 9.96 Å². The van der Waals surface area contributed by atoms with Crippen molar-refractivity contribution < 1.29 is 0 Å². The summed E-state index contributed by atoms with van der Waals surface area (Å²) in [6.07, 6.45) is 5.26. The van der Waals surface area contributed by atoms with Crippen LogP contribution in [0.2, 0.25) is 26.2 Å². The molecule has 2 nitrogen and oxygen atoms in total. The Morgan fingerprint density at radius 3 is 1.03 bits per heavy atom. The lowest BCUT2D eigenvalue weighted by atomic mass is 9.92. The summed E-state index contributed by atoms with van der Waals surface area (Å²) in [5, 5.41) is 3.49. The SMILES string of the molecule is CC1=C(C)C(C)C([Si](C)(C)N[C@H]2CC[C@H](N[Si](C)(C)C3=C(C)C(C)=C(C)C3C)CC2)=C1C.